The Hall–Kier alpha value is -1.71. The van der Waals surface area contributed by atoms with Gasteiger partial charge in [-0.05, 0) is 59.2 Å². The van der Waals surface area contributed by atoms with Crippen molar-refractivity contribution in [1.82, 2.24) is 0 Å². The van der Waals surface area contributed by atoms with Crippen molar-refractivity contribution in [3.63, 3.8) is 0 Å². The van der Waals surface area contributed by atoms with Crippen LogP contribution in [-0.4, -0.2) is 25.3 Å². The zero-order chi connectivity index (χ0) is 16.2. The van der Waals surface area contributed by atoms with Crippen LogP contribution in [0.5, 0.6) is 11.5 Å². The Balaban J connectivity index is 3.10. The van der Waals surface area contributed by atoms with Crippen molar-refractivity contribution in [2.24, 2.45) is 0 Å². The molecule has 118 valence electrons. The van der Waals surface area contributed by atoms with E-state index in [1.807, 2.05) is 59.7 Å². The third-order valence-electron chi connectivity index (χ3n) is 3.10. The number of rotatable bonds is 6. The predicted molar refractivity (Wildman–Crippen MR) is 83.0 cm³/mol. The summed E-state index contributed by atoms with van der Waals surface area (Å²) in [5, 5.41) is 0. The van der Waals surface area contributed by atoms with E-state index in [2.05, 4.69) is 0 Å². The topological polar surface area (TPSA) is 44.8 Å². The van der Waals surface area contributed by atoms with Crippen LogP contribution in [0.1, 0.15) is 47.1 Å². The molecule has 0 radical (unpaired) electrons. The van der Waals surface area contributed by atoms with Crippen molar-refractivity contribution >= 4 is 5.97 Å². The van der Waals surface area contributed by atoms with Crippen molar-refractivity contribution in [2.75, 3.05) is 7.11 Å². The normalized spacial score (nSPS) is 11.7. The lowest BCUT2D eigenvalue weighted by Gasteiger charge is -2.25. The Morgan fingerprint density at radius 3 is 2.14 bits per heavy atom. The molecule has 1 rings (SSSR count). The maximum atomic E-state index is 12.2. The van der Waals surface area contributed by atoms with Crippen molar-refractivity contribution in [2.45, 2.75) is 59.2 Å². The second-order valence-corrected chi connectivity index (χ2v) is 6.11. The van der Waals surface area contributed by atoms with E-state index in [0.29, 0.717) is 11.5 Å². The summed E-state index contributed by atoms with van der Waals surface area (Å²) >= 11 is 0. The molecule has 0 unspecified atom stereocenters. The second-order valence-electron chi connectivity index (χ2n) is 6.11. The summed E-state index contributed by atoms with van der Waals surface area (Å²) in [6.07, 6.45) is -0.0779. The molecule has 0 saturated heterocycles. The van der Waals surface area contributed by atoms with Gasteiger partial charge >= 0.3 is 5.97 Å². The van der Waals surface area contributed by atoms with Gasteiger partial charge in [0.2, 0.25) is 0 Å². The van der Waals surface area contributed by atoms with Crippen molar-refractivity contribution in [3.05, 3.63) is 23.8 Å². The number of carbonyl (C=O) groups excluding carboxylic acids is 1. The largest absolute Gasteiger partial charge is 0.493 e. The molecule has 1 aromatic carbocycles. The summed E-state index contributed by atoms with van der Waals surface area (Å²) in [6.45, 7) is 11.3. The Labute approximate surface area is 127 Å². The summed E-state index contributed by atoms with van der Waals surface area (Å²) in [7, 11) is 1.59. The quantitative estimate of drug-likeness (QED) is 0.750. The smallest absolute Gasteiger partial charge is 0.316 e. The minimum atomic E-state index is -0.742. The fourth-order valence-corrected chi connectivity index (χ4v) is 1.89. The molecule has 0 atom stereocenters. The summed E-state index contributed by atoms with van der Waals surface area (Å²) in [6, 6.07) is 5.54. The lowest BCUT2D eigenvalue weighted by Crippen LogP contribution is -2.32. The molecule has 0 aromatic heterocycles. The van der Waals surface area contributed by atoms with Crippen LogP contribution in [0.4, 0.5) is 0 Å². The minimum absolute atomic E-state index is 0.0590. The summed E-state index contributed by atoms with van der Waals surface area (Å²) in [4.78, 5) is 12.2. The van der Waals surface area contributed by atoms with Gasteiger partial charge in [-0.2, -0.15) is 0 Å². The molecule has 0 amide bonds. The summed E-state index contributed by atoms with van der Waals surface area (Å²) < 4.78 is 16.4. The molecule has 0 N–H and O–H groups in total. The number of benzene rings is 1. The number of ether oxygens (including phenoxy) is 3. The number of esters is 1. The van der Waals surface area contributed by atoms with Crippen LogP contribution in [0.3, 0.4) is 0 Å². The van der Waals surface area contributed by atoms with Gasteiger partial charge in [0.1, 0.15) is 0 Å². The van der Waals surface area contributed by atoms with E-state index in [0.717, 1.165) is 5.56 Å². The predicted octanol–water partition coefficient (Wildman–Crippen LogP) is 3.71. The summed E-state index contributed by atoms with van der Waals surface area (Å²) in [5.74, 6) is 1.04. The first kappa shape index (κ1) is 17.3. The van der Waals surface area contributed by atoms with Gasteiger partial charge in [0.05, 0.1) is 24.7 Å². The molecule has 0 aliphatic carbocycles. The Morgan fingerprint density at radius 2 is 1.67 bits per heavy atom. The fourth-order valence-electron chi connectivity index (χ4n) is 1.89. The molecule has 0 spiro atoms. The maximum Gasteiger partial charge on any atom is 0.316 e. The van der Waals surface area contributed by atoms with Crippen LogP contribution in [0, 0.1) is 0 Å². The van der Waals surface area contributed by atoms with E-state index in [1.54, 1.807) is 7.11 Å². The molecule has 21 heavy (non-hydrogen) atoms. The van der Waals surface area contributed by atoms with E-state index < -0.39 is 5.41 Å². The standard InChI is InChI=1S/C17H26O4/c1-11(2)20-14-9-8-13(10-15(14)19-7)17(5,6)16(18)21-12(3)4/h8-12H,1-7H3. The van der Waals surface area contributed by atoms with Gasteiger partial charge in [0.15, 0.2) is 11.5 Å². The van der Waals surface area contributed by atoms with E-state index in [-0.39, 0.29) is 18.2 Å². The van der Waals surface area contributed by atoms with Crippen LogP contribution in [0.25, 0.3) is 0 Å². The molecule has 0 fully saturated rings. The van der Waals surface area contributed by atoms with Crippen LogP contribution >= 0.6 is 0 Å². The minimum Gasteiger partial charge on any atom is -0.493 e. The molecular weight excluding hydrogens is 268 g/mol. The third-order valence-corrected chi connectivity index (χ3v) is 3.10. The highest BCUT2D eigenvalue weighted by molar-refractivity contribution is 5.82. The van der Waals surface area contributed by atoms with Crippen molar-refractivity contribution < 1.29 is 19.0 Å². The monoisotopic (exact) mass is 294 g/mol. The van der Waals surface area contributed by atoms with Crippen LogP contribution in [0.2, 0.25) is 0 Å². The van der Waals surface area contributed by atoms with Gasteiger partial charge < -0.3 is 14.2 Å². The number of hydrogen-bond donors (Lipinski definition) is 0. The van der Waals surface area contributed by atoms with Crippen LogP contribution in [0.15, 0.2) is 18.2 Å². The molecular formula is C17H26O4. The average Bonchev–Trinajstić information content (AvgIpc) is 2.37. The lowest BCUT2D eigenvalue weighted by molar-refractivity contribution is -0.153. The molecule has 0 heterocycles. The molecule has 0 saturated carbocycles. The summed E-state index contributed by atoms with van der Waals surface area (Å²) in [5.41, 5.74) is 0.0922. The first-order valence-corrected chi connectivity index (χ1v) is 7.24. The molecule has 0 bridgehead atoms. The van der Waals surface area contributed by atoms with Gasteiger partial charge in [0, 0.05) is 0 Å². The van der Waals surface area contributed by atoms with E-state index >= 15 is 0 Å². The number of hydrogen-bond acceptors (Lipinski definition) is 4. The Bertz CT molecular complexity index is 490. The Morgan fingerprint density at radius 1 is 1.05 bits per heavy atom. The first-order valence-electron chi connectivity index (χ1n) is 7.24. The molecule has 0 aliphatic rings. The molecule has 1 aromatic rings. The van der Waals surface area contributed by atoms with Crippen molar-refractivity contribution in [1.29, 1.82) is 0 Å². The first-order chi connectivity index (χ1) is 9.68. The van der Waals surface area contributed by atoms with E-state index in [1.165, 1.54) is 0 Å². The Kier molecular flexibility index (Phi) is 5.64. The van der Waals surface area contributed by atoms with Crippen molar-refractivity contribution in [3.8, 4) is 11.5 Å². The zero-order valence-electron chi connectivity index (χ0n) is 14.0. The van der Waals surface area contributed by atoms with E-state index in [9.17, 15) is 4.79 Å². The average molecular weight is 294 g/mol. The molecule has 4 nitrogen and oxygen atoms in total. The van der Waals surface area contributed by atoms with Crippen LogP contribution < -0.4 is 9.47 Å². The van der Waals surface area contributed by atoms with Gasteiger partial charge in [-0.3, -0.25) is 4.79 Å². The highest BCUT2D eigenvalue weighted by atomic mass is 16.5. The van der Waals surface area contributed by atoms with Gasteiger partial charge in [-0.15, -0.1) is 0 Å². The molecule has 4 heteroatoms. The zero-order valence-corrected chi connectivity index (χ0v) is 14.0. The maximum absolute atomic E-state index is 12.2. The second kappa shape index (κ2) is 6.83. The fraction of sp³-hybridized carbons (Fsp3) is 0.588. The number of methoxy groups -OCH3 is 1. The highest BCUT2D eigenvalue weighted by Gasteiger charge is 2.33. The van der Waals surface area contributed by atoms with Gasteiger partial charge in [-0.1, -0.05) is 6.07 Å². The third kappa shape index (κ3) is 4.38. The van der Waals surface area contributed by atoms with E-state index in [4.69, 9.17) is 14.2 Å². The molecule has 0 aliphatic heterocycles. The highest BCUT2D eigenvalue weighted by Crippen LogP contribution is 2.34. The van der Waals surface area contributed by atoms with Gasteiger partial charge in [0.25, 0.3) is 0 Å². The lowest BCUT2D eigenvalue weighted by atomic mass is 9.84. The van der Waals surface area contributed by atoms with Gasteiger partial charge in [-0.25, -0.2) is 0 Å². The number of carbonyl (C=O) groups is 1. The van der Waals surface area contributed by atoms with Crippen LogP contribution in [-0.2, 0) is 14.9 Å². The SMILES string of the molecule is COc1cc(C(C)(C)C(=O)OC(C)C)ccc1OC(C)C.